The SMILES string of the molecule is CN(Cc1ccccc1)S(=O)(=O)Nc1ccc(F)nc1F. The van der Waals surface area contributed by atoms with Crippen molar-refractivity contribution in [2.24, 2.45) is 0 Å². The Kier molecular flexibility index (Phi) is 4.49. The standard InChI is InChI=1S/C13H13F2N3O2S/c1-18(9-10-5-3-2-4-6-10)21(19,20)17-11-7-8-12(14)16-13(11)15/h2-8,17H,9H2,1H3. The van der Waals surface area contributed by atoms with E-state index in [2.05, 4.69) is 4.98 Å². The van der Waals surface area contributed by atoms with E-state index in [0.29, 0.717) is 0 Å². The molecule has 0 radical (unpaired) electrons. The van der Waals surface area contributed by atoms with Gasteiger partial charge in [0.25, 0.3) is 0 Å². The number of halogens is 2. The highest BCUT2D eigenvalue weighted by molar-refractivity contribution is 7.90. The predicted octanol–water partition coefficient (Wildman–Crippen LogP) is 2.15. The number of nitrogens with zero attached hydrogens (tertiary/aromatic N) is 2. The molecule has 0 bridgehead atoms. The van der Waals surface area contributed by atoms with Crippen LogP contribution >= 0.6 is 0 Å². The first-order chi connectivity index (χ1) is 9.88. The van der Waals surface area contributed by atoms with Crippen LogP contribution in [0.1, 0.15) is 5.56 Å². The largest absolute Gasteiger partial charge is 0.301 e. The molecule has 112 valence electrons. The molecule has 21 heavy (non-hydrogen) atoms. The lowest BCUT2D eigenvalue weighted by molar-refractivity contribution is 0.470. The monoisotopic (exact) mass is 313 g/mol. The van der Waals surface area contributed by atoms with Gasteiger partial charge in [0.1, 0.15) is 5.69 Å². The van der Waals surface area contributed by atoms with Gasteiger partial charge < -0.3 is 0 Å². The lowest BCUT2D eigenvalue weighted by Gasteiger charge is -2.18. The van der Waals surface area contributed by atoms with Gasteiger partial charge in [-0.15, -0.1) is 0 Å². The molecule has 0 atom stereocenters. The summed E-state index contributed by atoms with van der Waals surface area (Å²) in [7, 11) is -2.61. The van der Waals surface area contributed by atoms with Crippen LogP contribution in [0.25, 0.3) is 0 Å². The maximum Gasteiger partial charge on any atom is 0.301 e. The van der Waals surface area contributed by atoms with E-state index in [9.17, 15) is 17.2 Å². The first-order valence-electron chi connectivity index (χ1n) is 5.98. The summed E-state index contributed by atoms with van der Waals surface area (Å²) in [6.07, 6.45) is 0. The molecule has 0 saturated heterocycles. The van der Waals surface area contributed by atoms with Crippen molar-refractivity contribution in [3.05, 3.63) is 59.9 Å². The van der Waals surface area contributed by atoms with Gasteiger partial charge in [-0.05, 0) is 17.7 Å². The molecule has 0 aliphatic carbocycles. The zero-order valence-electron chi connectivity index (χ0n) is 11.1. The molecular formula is C13H13F2N3O2S. The van der Waals surface area contributed by atoms with Crippen molar-refractivity contribution < 1.29 is 17.2 Å². The minimum Gasteiger partial charge on any atom is -0.266 e. The normalized spacial score (nSPS) is 11.6. The van der Waals surface area contributed by atoms with Crippen LogP contribution in [-0.4, -0.2) is 24.8 Å². The van der Waals surface area contributed by atoms with Crippen molar-refractivity contribution >= 4 is 15.9 Å². The highest BCUT2D eigenvalue weighted by Gasteiger charge is 2.20. The lowest BCUT2D eigenvalue weighted by atomic mass is 10.2. The molecular weight excluding hydrogens is 300 g/mol. The fourth-order valence-electron chi connectivity index (χ4n) is 1.63. The van der Waals surface area contributed by atoms with Crippen LogP contribution in [-0.2, 0) is 16.8 Å². The van der Waals surface area contributed by atoms with Crippen LogP contribution < -0.4 is 4.72 Å². The lowest BCUT2D eigenvalue weighted by Crippen LogP contribution is -2.32. The molecule has 0 aliphatic rings. The number of benzene rings is 1. The topological polar surface area (TPSA) is 62.3 Å². The number of hydrogen-bond donors (Lipinski definition) is 1. The van der Waals surface area contributed by atoms with Gasteiger partial charge >= 0.3 is 10.2 Å². The zero-order chi connectivity index (χ0) is 15.5. The highest BCUT2D eigenvalue weighted by Crippen LogP contribution is 2.16. The summed E-state index contributed by atoms with van der Waals surface area (Å²) in [5.74, 6) is -2.24. The van der Waals surface area contributed by atoms with Crippen molar-refractivity contribution in [3.63, 3.8) is 0 Å². The van der Waals surface area contributed by atoms with Crippen LogP contribution in [0.2, 0.25) is 0 Å². The first kappa shape index (κ1) is 15.3. The zero-order valence-corrected chi connectivity index (χ0v) is 11.9. The molecule has 0 fully saturated rings. The molecule has 5 nitrogen and oxygen atoms in total. The van der Waals surface area contributed by atoms with Crippen molar-refractivity contribution in [1.29, 1.82) is 0 Å². The van der Waals surface area contributed by atoms with Crippen LogP contribution in [0.3, 0.4) is 0 Å². The summed E-state index contributed by atoms with van der Waals surface area (Å²) in [5.41, 5.74) is 0.374. The molecule has 0 aliphatic heterocycles. The molecule has 1 aromatic heterocycles. The summed E-state index contributed by atoms with van der Waals surface area (Å²) >= 11 is 0. The fourth-order valence-corrected chi connectivity index (χ4v) is 2.54. The molecule has 0 amide bonds. The molecule has 1 heterocycles. The van der Waals surface area contributed by atoms with Gasteiger partial charge in [-0.25, -0.2) is 0 Å². The minimum atomic E-state index is -3.97. The molecule has 0 spiro atoms. The van der Waals surface area contributed by atoms with Gasteiger partial charge in [-0.2, -0.15) is 26.5 Å². The molecule has 0 unspecified atom stereocenters. The molecule has 8 heteroatoms. The summed E-state index contributed by atoms with van der Waals surface area (Å²) < 4.78 is 53.2. The maximum absolute atomic E-state index is 13.4. The Bertz CT molecular complexity index is 723. The summed E-state index contributed by atoms with van der Waals surface area (Å²) in [6.45, 7) is 0.117. The summed E-state index contributed by atoms with van der Waals surface area (Å²) in [5, 5.41) is 0. The van der Waals surface area contributed by atoms with Gasteiger partial charge in [-0.3, -0.25) is 4.72 Å². The van der Waals surface area contributed by atoms with Gasteiger partial charge in [0.05, 0.1) is 0 Å². The molecule has 1 aromatic carbocycles. The van der Waals surface area contributed by atoms with Gasteiger partial charge in [0.15, 0.2) is 0 Å². The van der Waals surface area contributed by atoms with Crippen LogP contribution in [0, 0.1) is 11.9 Å². The quantitative estimate of drug-likeness (QED) is 0.860. The van der Waals surface area contributed by atoms with Crippen LogP contribution in [0.15, 0.2) is 42.5 Å². The predicted molar refractivity (Wildman–Crippen MR) is 74.6 cm³/mol. The van der Waals surface area contributed by atoms with Gasteiger partial charge in [0, 0.05) is 13.6 Å². The molecule has 1 N–H and O–H groups in total. The van der Waals surface area contributed by atoms with Crippen molar-refractivity contribution in [1.82, 2.24) is 9.29 Å². The second kappa shape index (κ2) is 6.15. The fraction of sp³-hybridized carbons (Fsp3) is 0.154. The van der Waals surface area contributed by atoms with Crippen molar-refractivity contribution in [2.75, 3.05) is 11.8 Å². The maximum atomic E-state index is 13.4. The van der Waals surface area contributed by atoms with E-state index >= 15 is 0 Å². The summed E-state index contributed by atoms with van der Waals surface area (Å²) in [6, 6.07) is 10.8. The molecule has 2 aromatic rings. The Balaban J connectivity index is 2.14. The molecule has 0 saturated carbocycles. The minimum absolute atomic E-state index is 0.117. The van der Waals surface area contributed by atoms with Crippen LogP contribution in [0.5, 0.6) is 0 Å². The van der Waals surface area contributed by atoms with Crippen LogP contribution in [0.4, 0.5) is 14.5 Å². The number of pyridine rings is 1. The number of nitrogens with one attached hydrogen (secondary N) is 1. The van der Waals surface area contributed by atoms with E-state index in [0.717, 1.165) is 22.0 Å². The first-order valence-corrected chi connectivity index (χ1v) is 7.42. The van der Waals surface area contributed by atoms with Crippen molar-refractivity contribution in [2.45, 2.75) is 6.54 Å². The van der Waals surface area contributed by atoms with Gasteiger partial charge in [0.2, 0.25) is 11.9 Å². The average Bonchev–Trinajstić information content (AvgIpc) is 2.43. The van der Waals surface area contributed by atoms with E-state index in [-0.39, 0.29) is 6.54 Å². The third kappa shape index (κ3) is 3.96. The van der Waals surface area contributed by atoms with E-state index in [1.165, 1.54) is 7.05 Å². The molecule has 2 rings (SSSR count). The van der Waals surface area contributed by atoms with E-state index in [4.69, 9.17) is 0 Å². The van der Waals surface area contributed by atoms with E-state index in [1.54, 1.807) is 24.3 Å². The number of rotatable bonds is 5. The Hall–Kier alpha value is -2.06. The highest BCUT2D eigenvalue weighted by atomic mass is 32.2. The Labute approximate surface area is 121 Å². The third-order valence-electron chi connectivity index (χ3n) is 2.71. The Morgan fingerprint density at radius 1 is 1.14 bits per heavy atom. The smallest absolute Gasteiger partial charge is 0.266 e. The third-order valence-corrected chi connectivity index (χ3v) is 4.14. The van der Waals surface area contributed by atoms with E-state index < -0.39 is 27.8 Å². The summed E-state index contributed by atoms with van der Waals surface area (Å²) in [4.78, 5) is 2.92. The Morgan fingerprint density at radius 3 is 2.43 bits per heavy atom. The number of aromatic nitrogens is 1. The number of anilines is 1. The van der Waals surface area contributed by atoms with E-state index in [1.807, 2.05) is 10.8 Å². The second-order valence-electron chi connectivity index (χ2n) is 4.32. The number of hydrogen-bond acceptors (Lipinski definition) is 3. The average molecular weight is 313 g/mol. The second-order valence-corrected chi connectivity index (χ2v) is 6.10. The van der Waals surface area contributed by atoms with Gasteiger partial charge in [-0.1, -0.05) is 30.3 Å². The Morgan fingerprint density at radius 2 is 1.81 bits per heavy atom. The van der Waals surface area contributed by atoms with Crippen molar-refractivity contribution in [3.8, 4) is 0 Å².